The molecule has 0 bridgehead atoms. The summed E-state index contributed by atoms with van der Waals surface area (Å²) < 4.78 is 1.85. The number of nitrogens with one attached hydrogen (secondary N) is 3. The number of rotatable bonds is 7. The molecule has 26 heavy (non-hydrogen) atoms. The van der Waals surface area contributed by atoms with Crippen LogP contribution in [-0.2, 0) is 11.3 Å². The average Bonchev–Trinajstić information content (AvgIpc) is 3.18. The number of carbonyl (C=O) groups is 2. The molecule has 3 rings (SSSR count). The summed E-state index contributed by atoms with van der Waals surface area (Å²) in [6, 6.07) is 11.7. The summed E-state index contributed by atoms with van der Waals surface area (Å²) in [5.41, 5.74) is 1.44. The number of hydrogen-bond acceptors (Lipinski definition) is 4. The molecule has 2 heterocycles. The normalized spacial score (nSPS) is 16.8. The van der Waals surface area contributed by atoms with Crippen molar-refractivity contribution in [1.29, 1.82) is 0 Å². The molecule has 1 aliphatic rings. The van der Waals surface area contributed by atoms with Crippen molar-refractivity contribution in [3.05, 3.63) is 53.9 Å². The fraction of sp³-hybridized carbons (Fsp3) is 0.421. The molecule has 2 aromatic rings. The first kappa shape index (κ1) is 18.1. The Morgan fingerprint density at radius 2 is 2.04 bits per heavy atom. The van der Waals surface area contributed by atoms with Crippen molar-refractivity contribution < 1.29 is 9.59 Å². The lowest BCUT2D eigenvalue weighted by Crippen LogP contribution is -2.32. The molecule has 138 valence electrons. The molecule has 1 atom stereocenters. The maximum absolute atomic E-state index is 12.2. The van der Waals surface area contributed by atoms with Crippen LogP contribution in [-0.4, -0.2) is 41.2 Å². The monoisotopic (exact) mass is 355 g/mol. The Labute approximate surface area is 153 Å². The van der Waals surface area contributed by atoms with Gasteiger partial charge in [-0.1, -0.05) is 30.3 Å². The number of benzene rings is 1. The Balaban J connectivity index is 1.38. The molecule has 2 amide bonds. The predicted molar refractivity (Wildman–Crippen MR) is 98.6 cm³/mol. The molecule has 0 radical (unpaired) electrons. The van der Waals surface area contributed by atoms with E-state index in [-0.39, 0.29) is 24.8 Å². The van der Waals surface area contributed by atoms with E-state index in [0.717, 1.165) is 31.5 Å². The van der Waals surface area contributed by atoms with Crippen LogP contribution in [0.15, 0.2) is 42.6 Å². The Morgan fingerprint density at radius 1 is 1.19 bits per heavy atom. The van der Waals surface area contributed by atoms with Crippen LogP contribution in [0.5, 0.6) is 0 Å². The second-order valence-corrected chi connectivity index (χ2v) is 6.45. The third-order valence-electron chi connectivity index (χ3n) is 4.46. The quantitative estimate of drug-likeness (QED) is 0.697. The van der Waals surface area contributed by atoms with E-state index in [4.69, 9.17) is 0 Å². The highest BCUT2D eigenvalue weighted by Crippen LogP contribution is 2.15. The fourth-order valence-corrected chi connectivity index (χ4v) is 2.99. The summed E-state index contributed by atoms with van der Waals surface area (Å²) in [6.45, 7) is 2.70. The van der Waals surface area contributed by atoms with Gasteiger partial charge < -0.3 is 16.0 Å². The Bertz CT molecular complexity index is 723. The molecule has 1 aliphatic heterocycles. The van der Waals surface area contributed by atoms with Crippen LogP contribution in [0.1, 0.15) is 41.4 Å². The van der Waals surface area contributed by atoms with Gasteiger partial charge >= 0.3 is 0 Å². The first-order valence-electron chi connectivity index (χ1n) is 9.07. The van der Waals surface area contributed by atoms with Gasteiger partial charge in [0.05, 0.1) is 6.04 Å². The number of nitrogens with zero attached hydrogens (tertiary/aromatic N) is 2. The number of hydrogen-bond donors (Lipinski definition) is 3. The molecular formula is C19H25N5O2. The first-order valence-corrected chi connectivity index (χ1v) is 9.07. The first-order chi connectivity index (χ1) is 12.7. The molecule has 7 heteroatoms. The minimum atomic E-state index is -0.247. The van der Waals surface area contributed by atoms with Crippen LogP contribution < -0.4 is 16.0 Å². The number of carbonyl (C=O) groups excluding carboxylic acids is 2. The molecule has 1 fully saturated rings. The van der Waals surface area contributed by atoms with E-state index in [0.29, 0.717) is 18.3 Å². The van der Waals surface area contributed by atoms with Gasteiger partial charge in [0.1, 0.15) is 5.69 Å². The molecule has 0 aliphatic carbocycles. The number of piperidine rings is 1. The SMILES string of the molecule is O=C(CCNC(=O)c1ccn(C2CCCNC2)n1)NCc1ccccc1. The van der Waals surface area contributed by atoms with Crippen LogP contribution in [0.2, 0.25) is 0 Å². The molecule has 1 saturated heterocycles. The third-order valence-corrected chi connectivity index (χ3v) is 4.46. The van der Waals surface area contributed by atoms with Crippen LogP contribution in [0.3, 0.4) is 0 Å². The Hall–Kier alpha value is -2.67. The predicted octanol–water partition coefficient (Wildman–Crippen LogP) is 1.24. The molecular weight excluding hydrogens is 330 g/mol. The molecule has 1 unspecified atom stereocenters. The Kier molecular flexibility index (Phi) is 6.38. The zero-order valence-corrected chi connectivity index (χ0v) is 14.8. The smallest absolute Gasteiger partial charge is 0.271 e. The summed E-state index contributed by atoms with van der Waals surface area (Å²) in [4.78, 5) is 24.0. The van der Waals surface area contributed by atoms with Gasteiger partial charge in [0.2, 0.25) is 5.91 Å². The van der Waals surface area contributed by atoms with E-state index in [1.54, 1.807) is 6.07 Å². The lowest BCUT2D eigenvalue weighted by Gasteiger charge is -2.22. The van der Waals surface area contributed by atoms with Gasteiger partial charge in [-0.25, -0.2) is 0 Å². The maximum Gasteiger partial charge on any atom is 0.271 e. The number of amides is 2. The van der Waals surface area contributed by atoms with E-state index in [9.17, 15) is 9.59 Å². The molecule has 3 N–H and O–H groups in total. The second kappa shape index (κ2) is 9.15. The van der Waals surface area contributed by atoms with Gasteiger partial charge in [-0.15, -0.1) is 0 Å². The van der Waals surface area contributed by atoms with Crippen molar-refractivity contribution in [3.8, 4) is 0 Å². The third kappa shape index (κ3) is 5.16. The van der Waals surface area contributed by atoms with Crippen molar-refractivity contribution >= 4 is 11.8 Å². The van der Waals surface area contributed by atoms with Crippen LogP contribution in [0.4, 0.5) is 0 Å². The second-order valence-electron chi connectivity index (χ2n) is 6.45. The molecule has 0 spiro atoms. The summed E-state index contributed by atoms with van der Waals surface area (Å²) in [7, 11) is 0. The topological polar surface area (TPSA) is 88.1 Å². The van der Waals surface area contributed by atoms with Crippen LogP contribution in [0.25, 0.3) is 0 Å². The van der Waals surface area contributed by atoms with Gasteiger partial charge in [-0.3, -0.25) is 14.3 Å². The van der Waals surface area contributed by atoms with Crippen molar-refractivity contribution in [2.24, 2.45) is 0 Å². The average molecular weight is 355 g/mol. The minimum absolute atomic E-state index is 0.0898. The van der Waals surface area contributed by atoms with Crippen molar-refractivity contribution in [2.75, 3.05) is 19.6 Å². The highest BCUT2D eigenvalue weighted by atomic mass is 16.2. The van der Waals surface area contributed by atoms with Gasteiger partial charge in [-0.2, -0.15) is 5.10 Å². The van der Waals surface area contributed by atoms with Crippen LogP contribution in [0, 0.1) is 0 Å². The summed E-state index contributed by atoms with van der Waals surface area (Å²) in [6.07, 6.45) is 4.27. The highest BCUT2D eigenvalue weighted by molar-refractivity contribution is 5.92. The Morgan fingerprint density at radius 3 is 2.81 bits per heavy atom. The fourth-order valence-electron chi connectivity index (χ4n) is 2.99. The lowest BCUT2D eigenvalue weighted by molar-refractivity contribution is -0.121. The van der Waals surface area contributed by atoms with E-state index in [1.807, 2.05) is 41.2 Å². The number of aromatic nitrogens is 2. The van der Waals surface area contributed by atoms with Gasteiger partial charge in [0, 0.05) is 32.3 Å². The maximum atomic E-state index is 12.2. The zero-order valence-electron chi connectivity index (χ0n) is 14.8. The molecule has 0 saturated carbocycles. The largest absolute Gasteiger partial charge is 0.352 e. The standard InChI is InChI=1S/C19H25N5O2/c25-18(22-13-15-5-2-1-3-6-15)8-11-21-19(26)17-9-12-24(23-17)16-7-4-10-20-14-16/h1-3,5-6,9,12,16,20H,4,7-8,10-11,13-14H2,(H,21,26)(H,22,25). The van der Waals surface area contributed by atoms with E-state index >= 15 is 0 Å². The van der Waals surface area contributed by atoms with Crippen molar-refractivity contribution in [3.63, 3.8) is 0 Å². The summed E-state index contributed by atoms with van der Waals surface area (Å²) >= 11 is 0. The van der Waals surface area contributed by atoms with Gasteiger partial charge in [0.15, 0.2) is 0 Å². The van der Waals surface area contributed by atoms with E-state index < -0.39 is 0 Å². The summed E-state index contributed by atoms with van der Waals surface area (Å²) in [5.74, 6) is -0.337. The van der Waals surface area contributed by atoms with Crippen molar-refractivity contribution in [1.82, 2.24) is 25.7 Å². The molecule has 1 aromatic heterocycles. The lowest BCUT2D eigenvalue weighted by atomic mass is 10.1. The highest BCUT2D eigenvalue weighted by Gasteiger charge is 2.17. The summed E-state index contributed by atoms with van der Waals surface area (Å²) in [5, 5.41) is 13.3. The van der Waals surface area contributed by atoms with Crippen molar-refractivity contribution in [2.45, 2.75) is 31.8 Å². The van der Waals surface area contributed by atoms with E-state index in [1.165, 1.54) is 0 Å². The van der Waals surface area contributed by atoms with Crippen LogP contribution >= 0.6 is 0 Å². The molecule has 1 aromatic carbocycles. The minimum Gasteiger partial charge on any atom is -0.352 e. The van der Waals surface area contributed by atoms with Gasteiger partial charge in [0.25, 0.3) is 5.91 Å². The zero-order chi connectivity index (χ0) is 18.2. The van der Waals surface area contributed by atoms with Gasteiger partial charge in [-0.05, 0) is 31.0 Å². The molecule has 7 nitrogen and oxygen atoms in total. The van der Waals surface area contributed by atoms with E-state index in [2.05, 4.69) is 21.0 Å².